The van der Waals surface area contributed by atoms with Crippen LogP contribution in [0.25, 0.3) is 0 Å². The van der Waals surface area contributed by atoms with Gasteiger partial charge in [-0.2, -0.15) is 0 Å². The molecule has 0 fully saturated rings. The van der Waals surface area contributed by atoms with Gasteiger partial charge < -0.3 is 18.9 Å². The number of carbonyl (C=O) groups is 1. The van der Waals surface area contributed by atoms with Crippen LogP contribution in [0.2, 0.25) is 0 Å². The van der Waals surface area contributed by atoms with Gasteiger partial charge in [-0.05, 0) is 28.1 Å². The van der Waals surface area contributed by atoms with Gasteiger partial charge in [-0.1, -0.05) is 24.0 Å². The average molecular weight is 400 g/mol. The van der Waals surface area contributed by atoms with E-state index in [0.29, 0.717) is 29.9 Å². The van der Waals surface area contributed by atoms with E-state index in [2.05, 4.69) is 27.5 Å². The lowest BCUT2D eigenvalue weighted by molar-refractivity contribution is -0.129. The first-order valence-electron chi connectivity index (χ1n) is 6.52. The van der Waals surface area contributed by atoms with Gasteiger partial charge in [0.15, 0.2) is 11.5 Å². The monoisotopic (exact) mass is 399 g/mol. The number of rotatable bonds is 8. The van der Waals surface area contributed by atoms with Gasteiger partial charge in [0.2, 0.25) is 5.75 Å². The van der Waals surface area contributed by atoms with Gasteiger partial charge in [0, 0.05) is 13.2 Å². The van der Waals surface area contributed by atoms with Crippen LogP contribution in [0.15, 0.2) is 40.8 Å². The largest absolute Gasteiger partial charge is 0.487 e. The van der Waals surface area contributed by atoms with Gasteiger partial charge in [-0.15, -0.1) is 0 Å². The Labute approximate surface area is 145 Å². The zero-order valence-corrected chi connectivity index (χ0v) is 14.7. The summed E-state index contributed by atoms with van der Waals surface area (Å²) in [5, 5.41) is 0.404. The molecule has 0 unspecified atom stereocenters. The van der Waals surface area contributed by atoms with Crippen molar-refractivity contribution in [3.63, 3.8) is 0 Å². The van der Waals surface area contributed by atoms with Gasteiger partial charge in [-0.25, -0.2) is 9.78 Å². The van der Waals surface area contributed by atoms with E-state index in [1.54, 1.807) is 31.5 Å². The van der Waals surface area contributed by atoms with E-state index in [9.17, 15) is 4.79 Å². The normalized spacial score (nSPS) is 10.2. The van der Waals surface area contributed by atoms with Crippen molar-refractivity contribution in [1.29, 1.82) is 0 Å². The molecule has 0 amide bonds. The molecule has 1 aromatic heterocycles. The quantitative estimate of drug-likeness (QED) is 0.291. The van der Waals surface area contributed by atoms with E-state index < -0.39 is 5.97 Å². The summed E-state index contributed by atoms with van der Waals surface area (Å²) in [6, 6.07) is 5.06. The predicted molar refractivity (Wildman–Crippen MR) is 89.5 cm³/mol. The van der Waals surface area contributed by atoms with Crippen LogP contribution in [0.1, 0.15) is 0 Å². The maximum Gasteiger partial charge on any atom is 0.335 e. The molecular formula is C15H14BrNO5S. The highest BCUT2D eigenvalue weighted by molar-refractivity contribution is 9.11. The minimum Gasteiger partial charge on any atom is -0.487 e. The second-order valence-corrected chi connectivity index (χ2v) is 6.45. The molecule has 1 aromatic carbocycles. The van der Waals surface area contributed by atoms with E-state index in [1.807, 2.05) is 0 Å². The van der Waals surface area contributed by atoms with Gasteiger partial charge in [-0.3, -0.25) is 0 Å². The topological polar surface area (TPSA) is 66.9 Å². The van der Waals surface area contributed by atoms with Crippen LogP contribution < -0.4 is 14.2 Å². The summed E-state index contributed by atoms with van der Waals surface area (Å²) in [4.78, 5) is 15.7. The summed E-state index contributed by atoms with van der Waals surface area (Å²) in [5.41, 5.74) is 0. The average Bonchev–Trinajstić information content (AvgIpc) is 2.95. The summed E-state index contributed by atoms with van der Waals surface area (Å²) in [5.74, 6) is 0.236. The van der Waals surface area contributed by atoms with Crippen molar-refractivity contribution in [3.8, 4) is 22.4 Å². The fourth-order valence-electron chi connectivity index (χ4n) is 1.55. The van der Waals surface area contributed by atoms with Crippen molar-refractivity contribution in [1.82, 2.24) is 4.98 Å². The molecule has 2 rings (SSSR count). The summed E-state index contributed by atoms with van der Waals surface area (Å²) in [7, 11) is 1.57. The Hall–Kier alpha value is -1.90. The molecule has 0 aliphatic heterocycles. The number of para-hydroxylation sites is 1. The molecule has 0 atom stereocenters. The van der Waals surface area contributed by atoms with E-state index >= 15 is 0 Å². The first-order chi connectivity index (χ1) is 11.1. The lowest BCUT2D eigenvalue weighted by Gasteiger charge is -2.14. The molecule has 0 radical (unpaired) electrons. The Balaban J connectivity index is 2.28. The first-order valence-corrected chi connectivity index (χ1v) is 8.13. The Morgan fingerprint density at radius 3 is 2.83 bits per heavy atom. The van der Waals surface area contributed by atoms with Crippen molar-refractivity contribution in [3.05, 3.63) is 40.8 Å². The standard InChI is InChI=1S/C15H14BrNO5S/c1-3-13(18)22-14-10(20-8-7-19-2)5-4-6-11(14)21-15-17-9-12(16)23-15/h3-6,9H,1,7-8H2,2H3. The number of thiazole rings is 1. The first kappa shape index (κ1) is 17.5. The molecule has 6 nitrogen and oxygen atoms in total. The molecule has 1 heterocycles. The van der Waals surface area contributed by atoms with Crippen LogP contribution in [0.5, 0.6) is 22.4 Å². The fourth-order valence-corrected chi connectivity index (χ4v) is 2.58. The number of halogens is 1. The summed E-state index contributed by atoms with van der Waals surface area (Å²) in [6.07, 6.45) is 2.68. The number of benzene rings is 1. The third-order valence-corrected chi connectivity index (χ3v) is 3.86. The molecule has 0 aliphatic rings. The van der Waals surface area contributed by atoms with E-state index in [4.69, 9.17) is 18.9 Å². The number of hydrogen-bond acceptors (Lipinski definition) is 7. The predicted octanol–water partition coefficient (Wildman–Crippen LogP) is 3.81. The number of hydrogen-bond donors (Lipinski definition) is 0. The molecule has 0 saturated carbocycles. The number of aromatic nitrogens is 1. The van der Waals surface area contributed by atoms with E-state index in [-0.39, 0.29) is 5.75 Å². The molecule has 23 heavy (non-hydrogen) atoms. The molecule has 0 saturated heterocycles. The molecule has 122 valence electrons. The number of ether oxygens (including phenoxy) is 4. The minimum absolute atomic E-state index is 0.167. The van der Waals surface area contributed by atoms with Gasteiger partial charge in [0.05, 0.1) is 16.6 Å². The molecular weight excluding hydrogens is 386 g/mol. The number of nitrogens with zero attached hydrogens (tertiary/aromatic N) is 1. The molecule has 0 N–H and O–H groups in total. The Morgan fingerprint density at radius 1 is 1.39 bits per heavy atom. The van der Waals surface area contributed by atoms with Crippen molar-refractivity contribution < 1.29 is 23.7 Å². The highest BCUT2D eigenvalue weighted by Gasteiger charge is 2.17. The summed E-state index contributed by atoms with van der Waals surface area (Å²) < 4.78 is 22.3. The zero-order chi connectivity index (χ0) is 16.7. The molecule has 2 aromatic rings. The van der Waals surface area contributed by atoms with Crippen LogP contribution in [0.3, 0.4) is 0 Å². The van der Waals surface area contributed by atoms with Crippen molar-refractivity contribution in [2.24, 2.45) is 0 Å². The fraction of sp³-hybridized carbons (Fsp3) is 0.200. The number of esters is 1. The second-order valence-electron chi connectivity index (χ2n) is 4.08. The second kappa shape index (κ2) is 8.66. The summed E-state index contributed by atoms with van der Waals surface area (Å²) >= 11 is 4.62. The molecule has 0 aliphatic carbocycles. The summed E-state index contributed by atoms with van der Waals surface area (Å²) in [6.45, 7) is 4.10. The lowest BCUT2D eigenvalue weighted by Crippen LogP contribution is -2.09. The van der Waals surface area contributed by atoms with Gasteiger partial charge in [0.25, 0.3) is 5.19 Å². The van der Waals surface area contributed by atoms with Gasteiger partial charge >= 0.3 is 5.97 Å². The smallest absolute Gasteiger partial charge is 0.335 e. The highest BCUT2D eigenvalue weighted by Crippen LogP contribution is 2.41. The van der Waals surface area contributed by atoms with Crippen LogP contribution in [-0.4, -0.2) is 31.3 Å². The Morgan fingerprint density at radius 2 is 2.17 bits per heavy atom. The number of carbonyl (C=O) groups excluding carboxylic acids is 1. The minimum atomic E-state index is -0.613. The third kappa shape index (κ3) is 5.05. The van der Waals surface area contributed by atoms with Crippen LogP contribution >= 0.6 is 27.3 Å². The zero-order valence-electron chi connectivity index (χ0n) is 12.3. The maximum absolute atomic E-state index is 11.6. The van der Waals surface area contributed by atoms with Crippen molar-refractivity contribution >= 4 is 33.2 Å². The van der Waals surface area contributed by atoms with Gasteiger partial charge in [0.1, 0.15) is 6.61 Å². The van der Waals surface area contributed by atoms with Crippen LogP contribution in [-0.2, 0) is 9.53 Å². The molecule has 0 bridgehead atoms. The SMILES string of the molecule is C=CC(=O)Oc1c(OCCOC)cccc1Oc1ncc(Br)s1. The third-order valence-electron chi connectivity index (χ3n) is 2.51. The Bertz CT molecular complexity index is 688. The highest BCUT2D eigenvalue weighted by atomic mass is 79.9. The van der Waals surface area contributed by atoms with Crippen molar-refractivity contribution in [2.45, 2.75) is 0 Å². The van der Waals surface area contributed by atoms with E-state index in [1.165, 1.54) is 11.3 Å². The van der Waals surface area contributed by atoms with Crippen LogP contribution in [0, 0.1) is 0 Å². The lowest BCUT2D eigenvalue weighted by atomic mass is 10.3. The molecule has 0 spiro atoms. The maximum atomic E-state index is 11.6. The van der Waals surface area contributed by atoms with Crippen LogP contribution in [0.4, 0.5) is 0 Å². The molecule has 8 heteroatoms. The van der Waals surface area contributed by atoms with Crippen molar-refractivity contribution in [2.75, 3.05) is 20.3 Å². The number of methoxy groups -OCH3 is 1. The van der Waals surface area contributed by atoms with E-state index in [0.717, 1.165) is 9.86 Å². The Kier molecular flexibility index (Phi) is 6.57.